The molecule has 182 valence electrons. The third-order valence-electron chi connectivity index (χ3n) is 7.52. The number of benzene rings is 2. The van der Waals surface area contributed by atoms with Crippen LogP contribution < -0.4 is 5.73 Å². The van der Waals surface area contributed by atoms with Gasteiger partial charge in [0.25, 0.3) is 5.91 Å². The highest BCUT2D eigenvalue weighted by atomic mass is 16.4. The lowest BCUT2D eigenvalue weighted by Gasteiger charge is -2.52. The van der Waals surface area contributed by atoms with Gasteiger partial charge in [0.2, 0.25) is 5.78 Å². The maximum absolute atomic E-state index is 13.6. The molecular weight excluding hydrogens is 456 g/mol. The molecule has 0 radical (unpaired) electrons. The van der Waals surface area contributed by atoms with Crippen molar-refractivity contribution >= 4 is 28.2 Å². The third-order valence-corrected chi connectivity index (χ3v) is 7.52. The topological polar surface area (TPSA) is 182 Å². The molecule has 0 saturated carbocycles. The Morgan fingerprint density at radius 3 is 2.43 bits per heavy atom. The van der Waals surface area contributed by atoms with Gasteiger partial charge in [-0.1, -0.05) is 30.3 Å². The van der Waals surface area contributed by atoms with Crippen LogP contribution in [0.5, 0.6) is 5.75 Å². The van der Waals surface area contributed by atoms with Crippen LogP contribution in [-0.4, -0.2) is 79.7 Å². The van der Waals surface area contributed by atoms with Crippen LogP contribution in [0.2, 0.25) is 0 Å². The van der Waals surface area contributed by atoms with E-state index in [1.807, 2.05) is 0 Å². The number of likely N-dealkylation sites (N-methyl/N-ethyl adjacent to an activating group) is 1. The quantitative estimate of drug-likeness (QED) is 0.328. The molecule has 0 aliphatic heterocycles. The summed E-state index contributed by atoms with van der Waals surface area (Å²) in [5.74, 6) is -8.24. The van der Waals surface area contributed by atoms with E-state index in [1.165, 1.54) is 19.0 Å². The molecule has 2 aromatic carbocycles. The maximum Gasteiger partial charge on any atom is 0.255 e. The zero-order chi connectivity index (χ0) is 25.6. The van der Waals surface area contributed by atoms with Gasteiger partial charge in [0.05, 0.1) is 23.6 Å². The van der Waals surface area contributed by atoms with Crippen molar-refractivity contribution in [1.29, 1.82) is 0 Å². The maximum atomic E-state index is 13.6. The van der Waals surface area contributed by atoms with Gasteiger partial charge in [0, 0.05) is 16.9 Å². The van der Waals surface area contributed by atoms with Gasteiger partial charge < -0.3 is 31.3 Å². The van der Waals surface area contributed by atoms with Crippen LogP contribution in [0.15, 0.2) is 53.0 Å². The zero-order valence-corrected chi connectivity index (χ0v) is 18.9. The number of amides is 1. The first-order valence-electron chi connectivity index (χ1n) is 11.0. The van der Waals surface area contributed by atoms with Crippen LogP contribution in [0.1, 0.15) is 15.9 Å². The standard InChI is InChI=1S/C25H24N2O8/c1-27(2)17-16-19(29)12-8-10-7-9-5-3-4-6-11(9)18(28)13(10)20(30)14(12)22(32)25(16,35)23(33)15(21(17)31)24(26)34/h3-7,12,16-17,19,28-29,31-32,35H,8H2,1-2H3,(H2,26,34)/t12-,16-,17+,19+,25+/m1/s1. The van der Waals surface area contributed by atoms with Crippen molar-refractivity contribution in [3.05, 3.63) is 64.1 Å². The summed E-state index contributed by atoms with van der Waals surface area (Å²) in [7, 11) is 2.98. The summed E-state index contributed by atoms with van der Waals surface area (Å²) in [6.07, 6.45) is -1.58. The Hall–Kier alpha value is -3.73. The number of primary amides is 1. The summed E-state index contributed by atoms with van der Waals surface area (Å²) in [6.45, 7) is 0. The monoisotopic (exact) mass is 480 g/mol. The van der Waals surface area contributed by atoms with E-state index >= 15 is 0 Å². The number of aliphatic hydroxyl groups excluding tert-OH is 3. The number of Topliss-reactive ketones (excluding diaryl/α,β-unsaturated/α-hetero) is 2. The lowest BCUT2D eigenvalue weighted by molar-refractivity contribution is -0.161. The van der Waals surface area contributed by atoms with Gasteiger partial charge in [-0.2, -0.15) is 0 Å². The van der Waals surface area contributed by atoms with Crippen molar-refractivity contribution in [1.82, 2.24) is 4.90 Å². The number of fused-ring (bicyclic) bond motifs is 4. The number of aliphatic hydroxyl groups is 4. The number of aromatic hydroxyl groups is 1. The minimum atomic E-state index is -2.91. The summed E-state index contributed by atoms with van der Waals surface area (Å²) < 4.78 is 0. The van der Waals surface area contributed by atoms with E-state index in [1.54, 1.807) is 30.3 Å². The average molecular weight is 480 g/mol. The predicted molar refractivity (Wildman–Crippen MR) is 123 cm³/mol. The minimum absolute atomic E-state index is 0.00804. The molecule has 0 heterocycles. The Morgan fingerprint density at radius 1 is 1.14 bits per heavy atom. The van der Waals surface area contributed by atoms with Gasteiger partial charge in [-0.3, -0.25) is 19.3 Å². The fourth-order valence-electron chi connectivity index (χ4n) is 5.98. The number of ketones is 2. The molecule has 0 saturated heterocycles. The minimum Gasteiger partial charge on any atom is -0.510 e. The van der Waals surface area contributed by atoms with Gasteiger partial charge >= 0.3 is 0 Å². The van der Waals surface area contributed by atoms with Crippen molar-refractivity contribution in [2.75, 3.05) is 14.1 Å². The molecule has 3 aliphatic carbocycles. The first kappa shape index (κ1) is 23.0. The molecule has 5 atom stereocenters. The third kappa shape index (κ3) is 2.78. The highest BCUT2D eigenvalue weighted by Gasteiger charge is 2.66. The van der Waals surface area contributed by atoms with Gasteiger partial charge in [-0.15, -0.1) is 0 Å². The van der Waals surface area contributed by atoms with E-state index in [2.05, 4.69) is 0 Å². The number of phenols is 1. The van der Waals surface area contributed by atoms with E-state index in [0.717, 1.165) is 0 Å². The summed E-state index contributed by atoms with van der Waals surface area (Å²) in [5, 5.41) is 57.0. The summed E-state index contributed by atoms with van der Waals surface area (Å²) >= 11 is 0. The van der Waals surface area contributed by atoms with E-state index in [4.69, 9.17) is 5.73 Å². The van der Waals surface area contributed by atoms with E-state index < -0.39 is 69.7 Å². The molecular formula is C25H24N2O8. The van der Waals surface area contributed by atoms with Crippen LogP contribution in [0.4, 0.5) is 0 Å². The second-order valence-electron chi connectivity index (χ2n) is 9.53. The Morgan fingerprint density at radius 2 is 1.80 bits per heavy atom. The molecule has 10 heteroatoms. The van der Waals surface area contributed by atoms with E-state index in [0.29, 0.717) is 16.3 Å². The molecule has 0 unspecified atom stereocenters. The number of nitrogens with zero attached hydrogens (tertiary/aromatic N) is 1. The molecule has 5 rings (SSSR count). The number of rotatable bonds is 2. The number of nitrogens with two attached hydrogens (primary N) is 1. The van der Waals surface area contributed by atoms with Crippen LogP contribution in [0.25, 0.3) is 10.8 Å². The first-order chi connectivity index (χ1) is 16.4. The molecule has 7 N–H and O–H groups in total. The van der Waals surface area contributed by atoms with Crippen molar-refractivity contribution in [2.45, 2.75) is 24.2 Å². The Labute approximate surface area is 199 Å². The average Bonchev–Trinajstić information content (AvgIpc) is 2.79. The predicted octanol–water partition coefficient (Wildman–Crippen LogP) is 0.245. The largest absolute Gasteiger partial charge is 0.510 e. The Balaban J connectivity index is 1.79. The normalized spacial score (nSPS) is 30.4. The second-order valence-corrected chi connectivity index (χ2v) is 9.53. The lowest BCUT2D eigenvalue weighted by atomic mass is 9.57. The molecule has 2 aromatic rings. The van der Waals surface area contributed by atoms with Crippen LogP contribution in [0.3, 0.4) is 0 Å². The zero-order valence-electron chi connectivity index (χ0n) is 18.9. The van der Waals surface area contributed by atoms with Crippen LogP contribution in [-0.2, 0) is 16.0 Å². The Bertz CT molecular complexity index is 1410. The fraction of sp³-hybridized carbons (Fsp3) is 0.320. The smallest absolute Gasteiger partial charge is 0.255 e. The van der Waals surface area contributed by atoms with Gasteiger partial charge in [0.15, 0.2) is 11.4 Å². The number of phenolic OH excluding ortho intramolecular Hbond substituents is 1. The molecule has 0 aromatic heterocycles. The molecule has 10 nitrogen and oxygen atoms in total. The first-order valence-corrected chi connectivity index (χ1v) is 11.0. The van der Waals surface area contributed by atoms with Crippen molar-refractivity contribution < 1.29 is 39.9 Å². The molecule has 35 heavy (non-hydrogen) atoms. The fourth-order valence-corrected chi connectivity index (χ4v) is 5.98. The molecule has 0 spiro atoms. The molecule has 1 amide bonds. The van der Waals surface area contributed by atoms with Crippen molar-refractivity contribution in [2.24, 2.45) is 17.6 Å². The highest BCUT2D eigenvalue weighted by molar-refractivity contribution is 6.25. The van der Waals surface area contributed by atoms with Gasteiger partial charge in [-0.05, 0) is 31.5 Å². The van der Waals surface area contributed by atoms with Crippen molar-refractivity contribution in [3.63, 3.8) is 0 Å². The van der Waals surface area contributed by atoms with Crippen LogP contribution >= 0.6 is 0 Å². The number of carbonyl (C=O) groups is 3. The molecule has 3 aliphatic rings. The number of hydrogen-bond donors (Lipinski definition) is 6. The summed E-state index contributed by atoms with van der Waals surface area (Å²) in [4.78, 5) is 40.3. The molecule has 0 fully saturated rings. The Kier molecular flexibility index (Phi) is 4.86. The SMILES string of the molecule is CN(C)[C@@H]1C(O)=C(C(N)=O)C(=O)[C@@]2(O)C(O)=C3C(=O)c4c(cc5ccccc5c4O)C[C@H]3[C@H](O)[C@@H]12. The summed E-state index contributed by atoms with van der Waals surface area (Å²) in [5.41, 5.74) is 1.38. The van der Waals surface area contributed by atoms with E-state index in [9.17, 15) is 39.9 Å². The number of hydrogen-bond acceptors (Lipinski definition) is 9. The van der Waals surface area contributed by atoms with Gasteiger partial charge in [0.1, 0.15) is 22.8 Å². The number of carbonyl (C=O) groups excluding carboxylic acids is 3. The highest BCUT2D eigenvalue weighted by Crippen LogP contribution is 2.52. The van der Waals surface area contributed by atoms with Crippen molar-refractivity contribution in [3.8, 4) is 5.75 Å². The van der Waals surface area contributed by atoms with Gasteiger partial charge in [-0.25, -0.2) is 0 Å². The van der Waals surface area contributed by atoms with Crippen LogP contribution in [0, 0.1) is 11.8 Å². The molecule has 0 bridgehead atoms. The van der Waals surface area contributed by atoms with E-state index in [-0.39, 0.29) is 17.7 Å². The second kappa shape index (κ2) is 7.38. The summed E-state index contributed by atoms with van der Waals surface area (Å²) in [6, 6.07) is 7.27. The lowest BCUT2D eigenvalue weighted by Crippen LogP contribution is -2.68.